The first-order chi connectivity index (χ1) is 5.86. The number of hydrogen-bond acceptors (Lipinski definition) is 5. The molecule has 0 radical (unpaired) electrons. The molecule has 66 valence electrons. The highest BCUT2D eigenvalue weighted by molar-refractivity contribution is 7.99. The molecule has 0 saturated carbocycles. The van der Waals surface area contributed by atoms with Gasteiger partial charge < -0.3 is 5.32 Å². The summed E-state index contributed by atoms with van der Waals surface area (Å²) in [5.74, 6) is 0. The minimum absolute atomic E-state index is 0.634. The lowest BCUT2D eigenvalue weighted by molar-refractivity contribution is 0.663. The smallest absolute Gasteiger partial charge is 0.209 e. The molecule has 1 aliphatic heterocycles. The summed E-state index contributed by atoms with van der Waals surface area (Å²) < 4.78 is 1.71. The Hall–Kier alpha value is -0.620. The second kappa shape index (κ2) is 3.40. The van der Waals surface area contributed by atoms with E-state index in [1.54, 1.807) is 16.4 Å². The van der Waals surface area contributed by atoms with E-state index in [1.807, 2.05) is 7.05 Å². The molecule has 12 heavy (non-hydrogen) atoms. The molecule has 0 aliphatic carbocycles. The van der Waals surface area contributed by atoms with Gasteiger partial charge in [0.1, 0.15) is 0 Å². The fourth-order valence-electron chi connectivity index (χ4n) is 1.20. The highest BCUT2D eigenvalue weighted by Gasteiger charge is 2.17. The first kappa shape index (κ1) is 8.00. The third kappa shape index (κ3) is 1.59. The third-order valence-corrected chi connectivity index (χ3v) is 3.16. The molecule has 1 aromatic rings. The Bertz CT molecular complexity index is 254. The highest BCUT2D eigenvalue weighted by atomic mass is 32.2. The minimum Gasteiger partial charge on any atom is -0.316 e. The zero-order valence-corrected chi connectivity index (χ0v) is 7.71. The monoisotopic (exact) mass is 185 g/mol. The number of aryl methyl sites for hydroxylation is 1. The van der Waals surface area contributed by atoms with E-state index in [2.05, 4.69) is 20.8 Å². The van der Waals surface area contributed by atoms with Crippen LogP contribution < -0.4 is 5.32 Å². The number of thioether (sulfide) groups is 1. The van der Waals surface area contributed by atoms with Crippen molar-refractivity contribution in [1.82, 2.24) is 25.5 Å². The van der Waals surface area contributed by atoms with Gasteiger partial charge in [0.2, 0.25) is 5.16 Å². The molecular weight excluding hydrogens is 174 g/mol. The maximum Gasteiger partial charge on any atom is 0.209 e. The van der Waals surface area contributed by atoms with Crippen LogP contribution in [-0.2, 0) is 7.05 Å². The normalized spacial score (nSPS) is 23.2. The maximum atomic E-state index is 3.92. The Morgan fingerprint density at radius 1 is 1.67 bits per heavy atom. The van der Waals surface area contributed by atoms with Gasteiger partial charge in [0.15, 0.2) is 0 Å². The van der Waals surface area contributed by atoms with Crippen molar-refractivity contribution >= 4 is 11.8 Å². The summed E-state index contributed by atoms with van der Waals surface area (Å²) in [6.07, 6.45) is 1.21. The molecule has 1 saturated heterocycles. The Kier molecular flexibility index (Phi) is 2.27. The summed E-state index contributed by atoms with van der Waals surface area (Å²) in [6, 6.07) is 0. The molecule has 1 atom stereocenters. The van der Waals surface area contributed by atoms with Crippen molar-refractivity contribution in [3.63, 3.8) is 0 Å². The molecule has 2 rings (SSSR count). The standard InChI is InChI=1S/C6H11N5S/c1-11-6(8-9-10-11)12-5-2-3-7-4-5/h5,7H,2-4H2,1H3/t5-/m1/s1. The summed E-state index contributed by atoms with van der Waals surface area (Å²) in [6.45, 7) is 2.18. The Morgan fingerprint density at radius 2 is 2.58 bits per heavy atom. The molecule has 5 nitrogen and oxygen atoms in total. The number of nitrogens with one attached hydrogen (secondary N) is 1. The van der Waals surface area contributed by atoms with Crippen molar-refractivity contribution in [2.24, 2.45) is 7.05 Å². The molecule has 0 bridgehead atoms. The molecule has 6 heteroatoms. The van der Waals surface area contributed by atoms with Crippen LogP contribution in [0, 0.1) is 0 Å². The van der Waals surface area contributed by atoms with E-state index in [0.29, 0.717) is 5.25 Å². The van der Waals surface area contributed by atoms with Crippen LogP contribution in [0.4, 0.5) is 0 Å². The van der Waals surface area contributed by atoms with E-state index in [-0.39, 0.29) is 0 Å². The van der Waals surface area contributed by atoms with Gasteiger partial charge in [-0.25, -0.2) is 4.68 Å². The van der Waals surface area contributed by atoms with Gasteiger partial charge in [-0.05, 0) is 23.4 Å². The van der Waals surface area contributed by atoms with Gasteiger partial charge in [-0.3, -0.25) is 0 Å². The lowest BCUT2D eigenvalue weighted by Gasteiger charge is -2.04. The molecule has 0 spiro atoms. The quantitative estimate of drug-likeness (QED) is 0.683. The Morgan fingerprint density at radius 3 is 3.17 bits per heavy atom. The van der Waals surface area contributed by atoms with E-state index in [1.165, 1.54) is 6.42 Å². The van der Waals surface area contributed by atoms with Crippen LogP contribution in [0.2, 0.25) is 0 Å². The summed E-state index contributed by atoms with van der Waals surface area (Å²) in [5, 5.41) is 16.1. The number of tetrazole rings is 1. The van der Waals surface area contributed by atoms with Gasteiger partial charge in [-0.2, -0.15) is 0 Å². The van der Waals surface area contributed by atoms with Crippen molar-refractivity contribution in [1.29, 1.82) is 0 Å². The molecule has 2 heterocycles. The fourth-order valence-corrected chi connectivity index (χ4v) is 2.21. The van der Waals surface area contributed by atoms with E-state index in [0.717, 1.165) is 18.2 Å². The van der Waals surface area contributed by atoms with Crippen molar-refractivity contribution in [3.05, 3.63) is 0 Å². The van der Waals surface area contributed by atoms with E-state index in [9.17, 15) is 0 Å². The van der Waals surface area contributed by atoms with Gasteiger partial charge in [0.05, 0.1) is 0 Å². The summed E-state index contributed by atoms with van der Waals surface area (Å²) in [4.78, 5) is 0. The second-order valence-corrected chi connectivity index (χ2v) is 4.09. The summed E-state index contributed by atoms with van der Waals surface area (Å²) >= 11 is 1.75. The zero-order chi connectivity index (χ0) is 8.39. The summed E-state index contributed by atoms with van der Waals surface area (Å²) in [7, 11) is 1.87. The average Bonchev–Trinajstić information content (AvgIpc) is 2.65. The number of hydrogen-bond donors (Lipinski definition) is 1. The number of aromatic nitrogens is 4. The first-order valence-corrected chi connectivity index (χ1v) is 4.84. The maximum absolute atomic E-state index is 3.92. The van der Waals surface area contributed by atoms with Crippen LogP contribution in [0.15, 0.2) is 5.16 Å². The predicted molar refractivity (Wildman–Crippen MR) is 45.9 cm³/mol. The molecule has 1 aliphatic rings. The van der Waals surface area contributed by atoms with Gasteiger partial charge in [0, 0.05) is 18.8 Å². The van der Waals surface area contributed by atoms with E-state index in [4.69, 9.17) is 0 Å². The van der Waals surface area contributed by atoms with Crippen LogP contribution >= 0.6 is 11.8 Å². The Labute approximate surface area is 74.9 Å². The zero-order valence-electron chi connectivity index (χ0n) is 6.90. The molecule has 1 aromatic heterocycles. The van der Waals surface area contributed by atoms with Crippen molar-refractivity contribution < 1.29 is 0 Å². The van der Waals surface area contributed by atoms with Crippen LogP contribution in [0.1, 0.15) is 6.42 Å². The number of rotatable bonds is 2. The van der Waals surface area contributed by atoms with Gasteiger partial charge in [-0.15, -0.1) is 5.10 Å². The van der Waals surface area contributed by atoms with Crippen LogP contribution in [0.25, 0.3) is 0 Å². The molecule has 1 fully saturated rings. The fraction of sp³-hybridized carbons (Fsp3) is 0.833. The average molecular weight is 185 g/mol. The SMILES string of the molecule is Cn1nnnc1S[C@@H]1CCNC1. The second-order valence-electron chi connectivity index (χ2n) is 2.82. The van der Waals surface area contributed by atoms with E-state index < -0.39 is 0 Å². The largest absolute Gasteiger partial charge is 0.316 e. The van der Waals surface area contributed by atoms with Crippen molar-refractivity contribution in [2.75, 3.05) is 13.1 Å². The molecule has 1 N–H and O–H groups in total. The Balaban J connectivity index is 1.98. The van der Waals surface area contributed by atoms with Crippen LogP contribution in [-0.4, -0.2) is 38.5 Å². The molecule has 0 aromatic carbocycles. The summed E-state index contributed by atoms with van der Waals surface area (Å²) in [5.41, 5.74) is 0. The third-order valence-electron chi connectivity index (χ3n) is 1.87. The minimum atomic E-state index is 0.634. The molecule has 0 amide bonds. The van der Waals surface area contributed by atoms with Crippen molar-refractivity contribution in [2.45, 2.75) is 16.8 Å². The molecular formula is C6H11N5S. The van der Waals surface area contributed by atoms with Crippen molar-refractivity contribution in [3.8, 4) is 0 Å². The highest BCUT2D eigenvalue weighted by Crippen LogP contribution is 2.23. The van der Waals surface area contributed by atoms with Gasteiger partial charge in [0.25, 0.3) is 0 Å². The lowest BCUT2D eigenvalue weighted by Crippen LogP contribution is -2.10. The molecule has 0 unspecified atom stereocenters. The van der Waals surface area contributed by atoms with Crippen LogP contribution in [0.3, 0.4) is 0 Å². The lowest BCUT2D eigenvalue weighted by atomic mass is 10.4. The predicted octanol–water partition coefficient (Wildman–Crippen LogP) is -0.336. The van der Waals surface area contributed by atoms with E-state index >= 15 is 0 Å². The topological polar surface area (TPSA) is 55.6 Å². The van der Waals surface area contributed by atoms with Gasteiger partial charge in [-0.1, -0.05) is 11.8 Å². The van der Waals surface area contributed by atoms with Crippen LogP contribution in [0.5, 0.6) is 0 Å². The number of nitrogens with zero attached hydrogens (tertiary/aromatic N) is 4. The first-order valence-electron chi connectivity index (χ1n) is 3.96. The van der Waals surface area contributed by atoms with Gasteiger partial charge >= 0.3 is 0 Å².